The summed E-state index contributed by atoms with van der Waals surface area (Å²) in [6.45, 7) is 1.89. The van der Waals surface area contributed by atoms with Crippen molar-refractivity contribution in [1.29, 1.82) is 0 Å². The molecule has 2 heterocycles. The molecule has 0 aliphatic carbocycles. The Balaban J connectivity index is 1.92. The topological polar surface area (TPSA) is 104 Å². The van der Waals surface area contributed by atoms with Crippen LogP contribution in [0.2, 0.25) is 0 Å². The summed E-state index contributed by atoms with van der Waals surface area (Å²) < 4.78 is 38.8. The van der Waals surface area contributed by atoms with Crippen LogP contribution in [0.15, 0.2) is 34.5 Å². The molecule has 3 N–H and O–H groups in total. The number of amides is 1. The molecule has 0 spiro atoms. The Morgan fingerprint density at radius 2 is 2.03 bits per heavy atom. The van der Waals surface area contributed by atoms with Gasteiger partial charge in [-0.1, -0.05) is 0 Å². The van der Waals surface area contributed by atoms with Gasteiger partial charge in [-0.05, 0) is 43.2 Å². The van der Waals surface area contributed by atoms with Gasteiger partial charge in [0.25, 0.3) is 0 Å². The van der Waals surface area contributed by atoms with E-state index in [1.54, 1.807) is 11.9 Å². The Morgan fingerprint density at radius 1 is 1.31 bits per heavy atom. The van der Waals surface area contributed by atoms with E-state index in [4.69, 9.17) is 5.73 Å². The fourth-order valence-corrected chi connectivity index (χ4v) is 3.16. The zero-order chi connectivity index (χ0) is 21.3. The molecule has 1 fully saturated rings. The highest BCUT2D eigenvalue weighted by Crippen LogP contribution is 2.39. The standard InChI is InChI=1S/C19H20F3N5O2/c1-10-7-11(19(20,21)22)8-15(28)17(10)14-5-4-13(23)18(24-14)26-25-12-3-6-16(29)27(2)9-12/h4-5,7-8,12,28H,3,6,9,23H2,1-2H3. The second-order valence-corrected chi connectivity index (χ2v) is 6.98. The Bertz CT molecular complexity index is 952. The zero-order valence-electron chi connectivity index (χ0n) is 15.9. The number of anilines is 1. The summed E-state index contributed by atoms with van der Waals surface area (Å²) in [5.41, 5.74) is 5.80. The number of likely N-dealkylation sites (tertiary alicyclic amines) is 1. The number of pyridine rings is 1. The first-order valence-corrected chi connectivity index (χ1v) is 8.88. The minimum atomic E-state index is -4.57. The summed E-state index contributed by atoms with van der Waals surface area (Å²) in [6, 6.07) is 4.42. The maximum atomic E-state index is 12.9. The summed E-state index contributed by atoms with van der Waals surface area (Å²) in [5.74, 6) is -0.394. The van der Waals surface area contributed by atoms with Gasteiger partial charge in [-0.15, -0.1) is 5.11 Å². The second-order valence-electron chi connectivity index (χ2n) is 6.98. The number of alkyl halides is 3. The van der Waals surface area contributed by atoms with Crippen LogP contribution in [0.25, 0.3) is 11.3 Å². The molecule has 1 aromatic heterocycles. The summed E-state index contributed by atoms with van der Waals surface area (Å²) in [6.07, 6.45) is -3.63. The molecule has 3 rings (SSSR count). The number of aromatic nitrogens is 1. The summed E-state index contributed by atoms with van der Waals surface area (Å²) in [7, 11) is 1.69. The van der Waals surface area contributed by atoms with Crippen molar-refractivity contribution in [3.8, 4) is 17.0 Å². The lowest BCUT2D eigenvalue weighted by atomic mass is 10.00. The van der Waals surface area contributed by atoms with Gasteiger partial charge in [-0.25, -0.2) is 4.98 Å². The van der Waals surface area contributed by atoms with E-state index < -0.39 is 17.5 Å². The Kier molecular flexibility index (Phi) is 5.45. The molecule has 10 heteroatoms. The Hall–Kier alpha value is -3.17. The lowest BCUT2D eigenvalue weighted by molar-refractivity contribution is -0.137. The monoisotopic (exact) mass is 407 g/mol. The number of carbonyl (C=O) groups excluding carboxylic acids is 1. The van der Waals surface area contributed by atoms with Gasteiger partial charge in [0.2, 0.25) is 5.91 Å². The lowest BCUT2D eigenvalue weighted by Crippen LogP contribution is -2.38. The zero-order valence-corrected chi connectivity index (χ0v) is 15.9. The molecule has 1 aliphatic rings. The molecule has 154 valence electrons. The van der Waals surface area contributed by atoms with Gasteiger partial charge >= 0.3 is 6.18 Å². The number of hydrogen-bond donors (Lipinski definition) is 2. The number of rotatable bonds is 3. The minimum Gasteiger partial charge on any atom is -0.507 e. The average molecular weight is 407 g/mol. The summed E-state index contributed by atoms with van der Waals surface area (Å²) >= 11 is 0. The number of phenols is 1. The first-order chi connectivity index (χ1) is 13.6. The van der Waals surface area contributed by atoms with Gasteiger partial charge in [-0.2, -0.15) is 18.3 Å². The molecule has 1 saturated heterocycles. The van der Waals surface area contributed by atoms with E-state index in [0.29, 0.717) is 25.5 Å². The lowest BCUT2D eigenvalue weighted by Gasteiger charge is -2.26. The third kappa shape index (κ3) is 4.47. The van der Waals surface area contributed by atoms with Crippen LogP contribution in [0.4, 0.5) is 24.7 Å². The molecule has 1 atom stereocenters. The van der Waals surface area contributed by atoms with E-state index in [0.717, 1.165) is 6.07 Å². The molecule has 1 aromatic carbocycles. The fraction of sp³-hybridized carbons (Fsp3) is 0.368. The van der Waals surface area contributed by atoms with Gasteiger partial charge in [0, 0.05) is 25.6 Å². The number of halogens is 3. The van der Waals surface area contributed by atoms with Crippen molar-refractivity contribution in [2.75, 3.05) is 19.3 Å². The van der Waals surface area contributed by atoms with Crippen molar-refractivity contribution in [2.45, 2.75) is 32.0 Å². The molecule has 0 bridgehead atoms. The van der Waals surface area contributed by atoms with Crippen LogP contribution in [-0.4, -0.2) is 40.5 Å². The molecule has 29 heavy (non-hydrogen) atoms. The number of azo groups is 1. The van der Waals surface area contributed by atoms with Gasteiger partial charge in [-0.3, -0.25) is 4.79 Å². The smallest absolute Gasteiger partial charge is 0.416 e. The van der Waals surface area contributed by atoms with Gasteiger partial charge in [0.05, 0.1) is 23.0 Å². The first-order valence-electron chi connectivity index (χ1n) is 8.88. The molecule has 2 aromatic rings. The molecule has 1 aliphatic heterocycles. The van der Waals surface area contributed by atoms with Crippen LogP contribution < -0.4 is 5.73 Å². The van der Waals surface area contributed by atoms with Crippen LogP contribution in [-0.2, 0) is 11.0 Å². The number of benzene rings is 1. The number of phenolic OH excluding ortho intramolecular Hbond substituents is 1. The third-order valence-electron chi connectivity index (χ3n) is 4.72. The number of nitrogens with zero attached hydrogens (tertiary/aromatic N) is 4. The maximum absolute atomic E-state index is 12.9. The predicted octanol–water partition coefficient (Wildman–Crippen LogP) is 4.07. The minimum absolute atomic E-state index is 0.0457. The highest BCUT2D eigenvalue weighted by molar-refractivity contribution is 5.77. The van der Waals surface area contributed by atoms with Crippen molar-refractivity contribution in [2.24, 2.45) is 10.2 Å². The summed E-state index contributed by atoms with van der Waals surface area (Å²) in [5, 5.41) is 18.5. The third-order valence-corrected chi connectivity index (χ3v) is 4.72. The highest BCUT2D eigenvalue weighted by Gasteiger charge is 2.32. The number of aromatic hydroxyl groups is 1. The number of carbonyl (C=O) groups is 1. The fourth-order valence-electron chi connectivity index (χ4n) is 3.16. The van der Waals surface area contributed by atoms with Gasteiger partial charge < -0.3 is 15.7 Å². The molecule has 0 radical (unpaired) electrons. The number of piperidine rings is 1. The van der Waals surface area contributed by atoms with Crippen molar-refractivity contribution in [1.82, 2.24) is 9.88 Å². The number of nitrogen functional groups attached to an aromatic ring is 1. The van der Waals surface area contributed by atoms with E-state index in [1.807, 2.05) is 0 Å². The van der Waals surface area contributed by atoms with E-state index >= 15 is 0 Å². The largest absolute Gasteiger partial charge is 0.507 e. The Labute approximate surface area is 165 Å². The van der Waals surface area contributed by atoms with Crippen molar-refractivity contribution in [3.63, 3.8) is 0 Å². The van der Waals surface area contributed by atoms with E-state index in [9.17, 15) is 23.1 Å². The van der Waals surface area contributed by atoms with Gasteiger partial charge in [0.15, 0.2) is 5.82 Å². The van der Waals surface area contributed by atoms with Crippen molar-refractivity contribution >= 4 is 17.4 Å². The number of hydrogen-bond acceptors (Lipinski definition) is 6. The van der Waals surface area contributed by atoms with Crippen LogP contribution in [0.3, 0.4) is 0 Å². The molecular formula is C19H20F3N5O2. The molecular weight excluding hydrogens is 387 g/mol. The quantitative estimate of drug-likeness (QED) is 0.749. The molecule has 0 saturated carbocycles. The van der Waals surface area contributed by atoms with Crippen LogP contribution in [0.5, 0.6) is 5.75 Å². The Morgan fingerprint density at radius 3 is 2.66 bits per heavy atom. The normalized spacial score (nSPS) is 17.9. The number of likely N-dealkylation sites (N-methyl/N-ethyl adjacent to an activating group) is 1. The van der Waals surface area contributed by atoms with Crippen LogP contribution in [0, 0.1) is 6.92 Å². The van der Waals surface area contributed by atoms with E-state index in [2.05, 4.69) is 15.2 Å². The second kappa shape index (κ2) is 7.69. The summed E-state index contributed by atoms with van der Waals surface area (Å²) in [4.78, 5) is 17.4. The highest BCUT2D eigenvalue weighted by atomic mass is 19.4. The molecule has 1 amide bonds. The van der Waals surface area contributed by atoms with E-state index in [1.165, 1.54) is 19.1 Å². The van der Waals surface area contributed by atoms with Crippen LogP contribution in [0.1, 0.15) is 24.0 Å². The maximum Gasteiger partial charge on any atom is 0.416 e. The molecule has 7 nitrogen and oxygen atoms in total. The number of nitrogens with two attached hydrogens (primary N) is 1. The average Bonchev–Trinajstić information content (AvgIpc) is 2.63. The van der Waals surface area contributed by atoms with Crippen molar-refractivity contribution < 1.29 is 23.1 Å². The van der Waals surface area contributed by atoms with Gasteiger partial charge in [0.1, 0.15) is 5.75 Å². The SMILES string of the molecule is Cc1cc(C(F)(F)F)cc(O)c1-c1ccc(N)c(N=NC2CCC(=O)N(C)C2)n1. The van der Waals surface area contributed by atoms with Crippen molar-refractivity contribution in [3.05, 3.63) is 35.4 Å². The number of aryl methyl sites for hydroxylation is 1. The van der Waals surface area contributed by atoms with Crippen LogP contribution >= 0.6 is 0 Å². The van der Waals surface area contributed by atoms with E-state index in [-0.39, 0.29) is 40.3 Å². The first kappa shape index (κ1) is 20.6. The predicted molar refractivity (Wildman–Crippen MR) is 101 cm³/mol. The molecule has 1 unspecified atom stereocenters.